The van der Waals surface area contributed by atoms with Crippen LogP contribution in [-0.4, -0.2) is 5.79 Å². The van der Waals surface area contributed by atoms with E-state index >= 15 is 0 Å². The van der Waals surface area contributed by atoms with Gasteiger partial charge in [0.2, 0.25) is 0 Å². The first-order valence-corrected chi connectivity index (χ1v) is 5.24. The van der Waals surface area contributed by atoms with E-state index in [1.807, 2.05) is 6.07 Å². The molecule has 0 unspecified atom stereocenters. The SMILES string of the molecule is N#Cc1ccc2c(c1)OC1(CCCC1)O2. The van der Waals surface area contributed by atoms with Crippen molar-refractivity contribution in [1.29, 1.82) is 5.26 Å². The molecule has 15 heavy (non-hydrogen) atoms. The summed E-state index contributed by atoms with van der Waals surface area (Å²) in [5, 5.41) is 8.78. The van der Waals surface area contributed by atoms with Gasteiger partial charge in [0.15, 0.2) is 11.5 Å². The third-order valence-electron chi connectivity index (χ3n) is 3.03. The summed E-state index contributed by atoms with van der Waals surface area (Å²) in [7, 11) is 0. The van der Waals surface area contributed by atoms with E-state index in [2.05, 4.69) is 6.07 Å². The van der Waals surface area contributed by atoms with Crippen molar-refractivity contribution in [3.8, 4) is 17.6 Å². The molecule has 0 aromatic heterocycles. The fourth-order valence-corrected chi connectivity index (χ4v) is 2.28. The van der Waals surface area contributed by atoms with Crippen LogP contribution in [0.4, 0.5) is 0 Å². The van der Waals surface area contributed by atoms with Gasteiger partial charge in [-0.1, -0.05) is 0 Å². The first kappa shape index (κ1) is 8.60. The highest BCUT2D eigenvalue weighted by Gasteiger charge is 2.43. The van der Waals surface area contributed by atoms with Crippen molar-refractivity contribution < 1.29 is 9.47 Å². The van der Waals surface area contributed by atoms with E-state index in [-0.39, 0.29) is 0 Å². The van der Waals surface area contributed by atoms with Crippen LogP contribution in [0.2, 0.25) is 0 Å². The number of nitrogens with zero attached hydrogens (tertiary/aromatic N) is 1. The largest absolute Gasteiger partial charge is 0.448 e. The van der Waals surface area contributed by atoms with Gasteiger partial charge in [-0.05, 0) is 25.0 Å². The van der Waals surface area contributed by atoms with Crippen LogP contribution < -0.4 is 9.47 Å². The molecule has 3 heteroatoms. The Balaban J connectivity index is 1.96. The van der Waals surface area contributed by atoms with Crippen molar-refractivity contribution in [2.24, 2.45) is 0 Å². The zero-order chi connectivity index (χ0) is 10.3. The van der Waals surface area contributed by atoms with Crippen molar-refractivity contribution in [3.63, 3.8) is 0 Å². The first-order valence-electron chi connectivity index (χ1n) is 5.24. The summed E-state index contributed by atoms with van der Waals surface area (Å²) < 4.78 is 11.6. The maximum Gasteiger partial charge on any atom is 0.251 e. The molecule has 1 heterocycles. The second-order valence-corrected chi connectivity index (χ2v) is 4.10. The molecule has 0 bridgehead atoms. The molecule has 0 saturated heterocycles. The zero-order valence-corrected chi connectivity index (χ0v) is 8.32. The van der Waals surface area contributed by atoms with E-state index in [1.165, 1.54) is 0 Å². The molecular weight excluding hydrogens is 190 g/mol. The van der Waals surface area contributed by atoms with E-state index in [0.29, 0.717) is 5.56 Å². The lowest BCUT2D eigenvalue weighted by molar-refractivity contribution is -0.0716. The molecule has 1 fully saturated rings. The van der Waals surface area contributed by atoms with Gasteiger partial charge in [-0.2, -0.15) is 5.26 Å². The number of benzene rings is 1. The van der Waals surface area contributed by atoms with E-state index < -0.39 is 5.79 Å². The Morgan fingerprint density at radius 2 is 1.87 bits per heavy atom. The first-order chi connectivity index (χ1) is 7.31. The molecule has 0 N–H and O–H groups in total. The molecule has 1 aromatic rings. The second-order valence-electron chi connectivity index (χ2n) is 4.10. The molecular formula is C12H11NO2. The van der Waals surface area contributed by atoms with Crippen LogP contribution in [0.25, 0.3) is 0 Å². The molecule has 3 nitrogen and oxygen atoms in total. The molecule has 0 radical (unpaired) electrons. The number of hydrogen-bond donors (Lipinski definition) is 0. The minimum atomic E-state index is -0.420. The van der Waals surface area contributed by atoms with Gasteiger partial charge >= 0.3 is 0 Å². The molecule has 1 aliphatic carbocycles. The minimum absolute atomic E-state index is 0.420. The maximum absolute atomic E-state index is 8.78. The molecule has 2 aliphatic rings. The molecule has 76 valence electrons. The summed E-state index contributed by atoms with van der Waals surface area (Å²) in [5.74, 6) is 1.07. The Hall–Kier alpha value is -1.69. The van der Waals surface area contributed by atoms with Crippen LogP contribution in [0.3, 0.4) is 0 Å². The molecule has 1 spiro atoms. The molecule has 1 aromatic carbocycles. The van der Waals surface area contributed by atoms with Gasteiger partial charge in [0.05, 0.1) is 11.6 Å². The molecule has 0 amide bonds. The second kappa shape index (κ2) is 2.90. The molecule has 0 atom stereocenters. The standard InChI is InChI=1S/C12H11NO2/c13-8-9-3-4-10-11(7-9)15-12(14-10)5-1-2-6-12/h3-4,7H,1-2,5-6H2. The normalized spacial score (nSPS) is 20.5. The van der Waals surface area contributed by atoms with Gasteiger partial charge in [0.1, 0.15) is 0 Å². The van der Waals surface area contributed by atoms with E-state index in [9.17, 15) is 0 Å². The van der Waals surface area contributed by atoms with Crippen LogP contribution in [0.15, 0.2) is 18.2 Å². The predicted octanol–water partition coefficient (Wildman–Crippen LogP) is 2.60. The third kappa shape index (κ3) is 1.25. The highest BCUT2D eigenvalue weighted by atomic mass is 16.7. The Morgan fingerprint density at radius 3 is 2.60 bits per heavy atom. The maximum atomic E-state index is 8.78. The van der Waals surface area contributed by atoms with Crippen LogP contribution in [0.1, 0.15) is 31.2 Å². The Bertz CT molecular complexity index is 441. The average molecular weight is 201 g/mol. The van der Waals surface area contributed by atoms with E-state index in [4.69, 9.17) is 14.7 Å². The zero-order valence-electron chi connectivity index (χ0n) is 8.32. The summed E-state index contributed by atoms with van der Waals surface area (Å²) in [6.45, 7) is 0. The molecule has 1 aliphatic heterocycles. The number of ether oxygens (including phenoxy) is 2. The number of rotatable bonds is 0. The van der Waals surface area contributed by atoms with Gasteiger partial charge in [0, 0.05) is 18.9 Å². The Labute approximate surface area is 88.2 Å². The summed E-state index contributed by atoms with van der Waals surface area (Å²) in [6.07, 6.45) is 4.20. The van der Waals surface area contributed by atoms with Gasteiger partial charge in [-0.15, -0.1) is 0 Å². The molecule has 3 rings (SSSR count). The lowest BCUT2D eigenvalue weighted by Crippen LogP contribution is -2.34. The minimum Gasteiger partial charge on any atom is -0.448 e. The summed E-state index contributed by atoms with van der Waals surface area (Å²) >= 11 is 0. The monoisotopic (exact) mass is 201 g/mol. The number of nitriles is 1. The Kier molecular flexibility index (Phi) is 1.66. The topological polar surface area (TPSA) is 42.2 Å². The third-order valence-corrected chi connectivity index (χ3v) is 3.03. The highest BCUT2D eigenvalue weighted by molar-refractivity contribution is 5.49. The smallest absolute Gasteiger partial charge is 0.251 e. The van der Waals surface area contributed by atoms with Gasteiger partial charge in [0.25, 0.3) is 5.79 Å². The van der Waals surface area contributed by atoms with E-state index in [1.54, 1.807) is 12.1 Å². The lowest BCUT2D eigenvalue weighted by Gasteiger charge is -2.21. The highest BCUT2D eigenvalue weighted by Crippen LogP contribution is 2.46. The van der Waals surface area contributed by atoms with Gasteiger partial charge < -0.3 is 9.47 Å². The quantitative estimate of drug-likeness (QED) is 0.647. The Morgan fingerprint density at radius 1 is 1.13 bits per heavy atom. The van der Waals surface area contributed by atoms with Crippen LogP contribution >= 0.6 is 0 Å². The summed E-state index contributed by atoms with van der Waals surface area (Å²) in [4.78, 5) is 0. The van der Waals surface area contributed by atoms with E-state index in [0.717, 1.165) is 37.2 Å². The fourth-order valence-electron chi connectivity index (χ4n) is 2.28. The lowest BCUT2D eigenvalue weighted by atomic mass is 10.2. The van der Waals surface area contributed by atoms with Gasteiger partial charge in [-0.25, -0.2) is 0 Å². The van der Waals surface area contributed by atoms with Crippen LogP contribution in [-0.2, 0) is 0 Å². The number of fused-ring (bicyclic) bond motifs is 1. The van der Waals surface area contributed by atoms with Crippen LogP contribution in [0, 0.1) is 11.3 Å². The van der Waals surface area contributed by atoms with Gasteiger partial charge in [-0.3, -0.25) is 0 Å². The molecule has 1 saturated carbocycles. The average Bonchev–Trinajstić information content (AvgIpc) is 2.84. The van der Waals surface area contributed by atoms with Crippen molar-refractivity contribution >= 4 is 0 Å². The van der Waals surface area contributed by atoms with Crippen molar-refractivity contribution in [3.05, 3.63) is 23.8 Å². The van der Waals surface area contributed by atoms with Crippen molar-refractivity contribution in [2.45, 2.75) is 31.5 Å². The number of hydrogen-bond acceptors (Lipinski definition) is 3. The summed E-state index contributed by atoms with van der Waals surface area (Å²) in [5.41, 5.74) is 0.618. The van der Waals surface area contributed by atoms with Crippen LogP contribution in [0.5, 0.6) is 11.5 Å². The van der Waals surface area contributed by atoms with Crippen molar-refractivity contribution in [2.75, 3.05) is 0 Å². The predicted molar refractivity (Wildman–Crippen MR) is 53.6 cm³/mol. The fraction of sp³-hybridized carbons (Fsp3) is 0.417. The summed E-state index contributed by atoms with van der Waals surface area (Å²) in [6, 6.07) is 7.43. The van der Waals surface area contributed by atoms with Crippen molar-refractivity contribution in [1.82, 2.24) is 0 Å².